The zero-order valence-corrected chi connectivity index (χ0v) is 9.63. The Labute approximate surface area is 102 Å². The van der Waals surface area contributed by atoms with Gasteiger partial charge in [-0.2, -0.15) is 0 Å². The van der Waals surface area contributed by atoms with Crippen LogP contribution in [0.4, 0.5) is 15.8 Å². The lowest BCUT2D eigenvalue weighted by Crippen LogP contribution is -2.07. The van der Waals surface area contributed by atoms with Crippen molar-refractivity contribution in [2.75, 3.05) is 5.32 Å². The van der Waals surface area contributed by atoms with Crippen molar-refractivity contribution in [3.05, 3.63) is 52.3 Å². The molecule has 1 aromatic carbocycles. The minimum Gasteiger partial charge on any atom is -0.371 e. The van der Waals surface area contributed by atoms with Crippen molar-refractivity contribution in [1.82, 2.24) is 9.55 Å². The molecule has 0 radical (unpaired) electrons. The van der Waals surface area contributed by atoms with E-state index in [0.717, 1.165) is 5.69 Å². The molecule has 6 nitrogen and oxygen atoms in total. The maximum Gasteiger partial charge on any atom is 0.295 e. The number of nitrogens with zero attached hydrogens (tertiary/aromatic N) is 3. The minimum atomic E-state index is -0.647. The van der Waals surface area contributed by atoms with Crippen molar-refractivity contribution in [1.29, 1.82) is 0 Å². The fourth-order valence-electron chi connectivity index (χ4n) is 1.57. The zero-order valence-electron chi connectivity index (χ0n) is 9.63. The zero-order chi connectivity index (χ0) is 13.1. The van der Waals surface area contributed by atoms with Gasteiger partial charge in [0.25, 0.3) is 5.69 Å². The van der Waals surface area contributed by atoms with Gasteiger partial charge < -0.3 is 9.88 Å². The Morgan fingerprint density at radius 3 is 2.94 bits per heavy atom. The maximum absolute atomic E-state index is 13.6. The Hall–Kier alpha value is -2.44. The smallest absolute Gasteiger partial charge is 0.295 e. The Morgan fingerprint density at radius 1 is 1.56 bits per heavy atom. The van der Waals surface area contributed by atoms with E-state index in [4.69, 9.17) is 0 Å². The van der Waals surface area contributed by atoms with Crippen LogP contribution in [0, 0.1) is 15.9 Å². The van der Waals surface area contributed by atoms with E-state index in [1.54, 1.807) is 24.1 Å². The molecule has 2 aromatic rings. The number of nitro benzene ring substituents is 1. The predicted molar refractivity (Wildman–Crippen MR) is 63.6 cm³/mol. The average molecular weight is 250 g/mol. The molecule has 0 spiro atoms. The van der Waals surface area contributed by atoms with Crippen molar-refractivity contribution in [3.63, 3.8) is 0 Å². The number of para-hydroxylation sites is 1. The number of hydrogen-bond acceptors (Lipinski definition) is 4. The SMILES string of the molecule is Cn1cncc1CNc1c(F)cccc1[N+](=O)[O-]. The number of anilines is 1. The summed E-state index contributed by atoms with van der Waals surface area (Å²) >= 11 is 0. The molecular weight excluding hydrogens is 239 g/mol. The molecule has 1 aromatic heterocycles. The number of hydrogen-bond donors (Lipinski definition) is 1. The summed E-state index contributed by atoms with van der Waals surface area (Å²) in [5.41, 5.74) is 0.411. The Balaban J connectivity index is 2.24. The highest BCUT2D eigenvalue weighted by atomic mass is 19.1. The van der Waals surface area contributed by atoms with E-state index in [0.29, 0.717) is 0 Å². The molecule has 0 fully saturated rings. The van der Waals surface area contributed by atoms with Crippen LogP contribution in [0.5, 0.6) is 0 Å². The summed E-state index contributed by atoms with van der Waals surface area (Å²) in [6.07, 6.45) is 3.21. The van der Waals surface area contributed by atoms with E-state index >= 15 is 0 Å². The third kappa shape index (κ3) is 2.29. The molecule has 0 saturated carbocycles. The molecule has 0 unspecified atom stereocenters. The first-order chi connectivity index (χ1) is 8.59. The topological polar surface area (TPSA) is 73.0 Å². The highest BCUT2D eigenvalue weighted by molar-refractivity contribution is 5.62. The van der Waals surface area contributed by atoms with Crippen molar-refractivity contribution < 1.29 is 9.31 Å². The molecule has 1 N–H and O–H groups in total. The van der Waals surface area contributed by atoms with Gasteiger partial charge in [0.05, 0.1) is 23.5 Å². The van der Waals surface area contributed by atoms with Crippen molar-refractivity contribution in [3.8, 4) is 0 Å². The lowest BCUT2D eigenvalue weighted by Gasteiger charge is -2.08. The molecular formula is C11H11FN4O2. The number of aryl methyl sites for hydroxylation is 1. The van der Waals surface area contributed by atoms with E-state index in [1.807, 2.05) is 0 Å². The standard InChI is InChI=1S/C11H11FN4O2/c1-15-7-13-5-8(15)6-14-11-9(12)3-2-4-10(11)16(17)18/h2-5,7,14H,6H2,1H3. The van der Waals surface area contributed by atoms with Crippen LogP contribution in [0.2, 0.25) is 0 Å². The Kier molecular flexibility index (Phi) is 3.22. The molecule has 18 heavy (non-hydrogen) atoms. The predicted octanol–water partition coefficient (Wildman–Crippen LogP) is 2.08. The first kappa shape index (κ1) is 12.0. The summed E-state index contributed by atoms with van der Waals surface area (Å²) in [7, 11) is 1.79. The van der Waals surface area contributed by atoms with E-state index in [2.05, 4.69) is 10.3 Å². The third-order valence-electron chi connectivity index (χ3n) is 2.55. The van der Waals surface area contributed by atoms with E-state index in [9.17, 15) is 14.5 Å². The fourth-order valence-corrected chi connectivity index (χ4v) is 1.57. The van der Waals surface area contributed by atoms with Crippen LogP contribution in [0.25, 0.3) is 0 Å². The summed E-state index contributed by atoms with van der Waals surface area (Å²) < 4.78 is 15.3. The lowest BCUT2D eigenvalue weighted by atomic mass is 10.2. The summed E-state index contributed by atoms with van der Waals surface area (Å²) in [6, 6.07) is 3.75. The molecule has 0 aliphatic heterocycles. The van der Waals surface area contributed by atoms with E-state index in [1.165, 1.54) is 18.2 Å². The van der Waals surface area contributed by atoms with Gasteiger partial charge in [-0.1, -0.05) is 6.07 Å². The normalized spacial score (nSPS) is 10.3. The highest BCUT2D eigenvalue weighted by Crippen LogP contribution is 2.27. The Bertz CT molecular complexity index is 582. The number of imidazole rings is 1. The first-order valence-corrected chi connectivity index (χ1v) is 5.21. The molecule has 0 aliphatic rings. The van der Waals surface area contributed by atoms with Gasteiger partial charge in [-0.15, -0.1) is 0 Å². The van der Waals surface area contributed by atoms with Gasteiger partial charge in [-0.25, -0.2) is 9.37 Å². The van der Waals surface area contributed by atoms with Crippen LogP contribution in [0.15, 0.2) is 30.7 Å². The van der Waals surface area contributed by atoms with Crippen LogP contribution in [0.1, 0.15) is 5.69 Å². The molecule has 0 aliphatic carbocycles. The van der Waals surface area contributed by atoms with Crippen LogP contribution >= 0.6 is 0 Å². The molecule has 94 valence electrons. The summed E-state index contributed by atoms with van der Waals surface area (Å²) in [5.74, 6) is -0.647. The minimum absolute atomic E-state index is 0.108. The largest absolute Gasteiger partial charge is 0.371 e. The summed E-state index contributed by atoms with van der Waals surface area (Å²) in [6.45, 7) is 0.262. The van der Waals surface area contributed by atoms with Gasteiger partial charge >= 0.3 is 0 Å². The number of nitro groups is 1. The lowest BCUT2D eigenvalue weighted by molar-refractivity contribution is -0.384. The molecule has 2 rings (SSSR count). The second-order valence-electron chi connectivity index (χ2n) is 3.74. The van der Waals surface area contributed by atoms with Crippen LogP contribution in [-0.4, -0.2) is 14.5 Å². The molecule has 0 bridgehead atoms. The fraction of sp³-hybridized carbons (Fsp3) is 0.182. The van der Waals surface area contributed by atoms with Crippen molar-refractivity contribution in [2.45, 2.75) is 6.54 Å². The quantitative estimate of drug-likeness (QED) is 0.666. The van der Waals surface area contributed by atoms with Gasteiger partial charge in [-0.3, -0.25) is 10.1 Å². The van der Waals surface area contributed by atoms with Crippen LogP contribution in [-0.2, 0) is 13.6 Å². The Morgan fingerprint density at radius 2 is 2.33 bits per heavy atom. The van der Waals surface area contributed by atoms with Crippen LogP contribution in [0.3, 0.4) is 0 Å². The second kappa shape index (κ2) is 4.82. The maximum atomic E-state index is 13.6. The average Bonchev–Trinajstić information content (AvgIpc) is 2.73. The number of rotatable bonds is 4. The summed E-state index contributed by atoms with van der Waals surface area (Å²) in [5, 5.41) is 13.5. The third-order valence-corrected chi connectivity index (χ3v) is 2.55. The number of nitrogens with one attached hydrogen (secondary N) is 1. The number of aromatic nitrogens is 2. The molecule has 0 atom stereocenters. The molecule has 0 saturated heterocycles. The number of halogens is 1. The van der Waals surface area contributed by atoms with Gasteiger partial charge in [0, 0.05) is 19.3 Å². The summed E-state index contributed by atoms with van der Waals surface area (Å²) in [4.78, 5) is 14.1. The molecule has 0 amide bonds. The van der Waals surface area contributed by atoms with E-state index in [-0.39, 0.29) is 17.9 Å². The van der Waals surface area contributed by atoms with E-state index < -0.39 is 10.7 Å². The van der Waals surface area contributed by atoms with Crippen molar-refractivity contribution in [2.24, 2.45) is 7.05 Å². The number of benzene rings is 1. The van der Waals surface area contributed by atoms with Crippen LogP contribution < -0.4 is 5.32 Å². The molecule has 1 heterocycles. The highest BCUT2D eigenvalue weighted by Gasteiger charge is 2.17. The molecule has 7 heteroatoms. The van der Waals surface area contributed by atoms with Gasteiger partial charge in [-0.05, 0) is 6.07 Å². The van der Waals surface area contributed by atoms with Gasteiger partial charge in [0.2, 0.25) is 0 Å². The van der Waals surface area contributed by atoms with Gasteiger partial charge in [0.15, 0.2) is 5.82 Å². The monoisotopic (exact) mass is 250 g/mol. The second-order valence-corrected chi connectivity index (χ2v) is 3.74. The van der Waals surface area contributed by atoms with Crippen molar-refractivity contribution >= 4 is 11.4 Å². The van der Waals surface area contributed by atoms with Gasteiger partial charge in [0.1, 0.15) is 5.69 Å². The first-order valence-electron chi connectivity index (χ1n) is 5.21.